The molecule has 0 aliphatic carbocycles. The molecule has 0 N–H and O–H groups in total. The van der Waals surface area contributed by atoms with Crippen LogP contribution in [-0.4, -0.2) is 28.7 Å². The van der Waals surface area contributed by atoms with Crippen LogP contribution < -0.4 is 0 Å². The second kappa shape index (κ2) is 8.51. The Morgan fingerprint density at radius 1 is 0.500 bits per heavy atom. The highest BCUT2D eigenvalue weighted by molar-refractivity contribution is 5.87. The molecule has 0 saturated carbocycles. The first-order chi connectivity index (χ1) is 19.6. The second-order valence-corrected chi connectivity index (χ2v) is 9.57. The lowest BCUT2D eigenvalue weighted by Gasteiger charge is -2.10. The molecule has 8 heteroatoms. The number of hydrogen-bond acceptors (Lipinski definition) is 4. The zero-order valence-electron chi connectivity index (χ0n) is 20.8. The Balaban J connectivity index is 1.30. The first-order valence-corrected chi connectivity index (χ1v) is 12.7. The van der Waals surface area contributed by atoms with Gasteiger partial charge < -0.3 is 0 Å². The van der Waals surface area contributed by atoms with Crippen LogP contribution in [0.3, 0.4) is 0 Å². The third-order valence-electron chi connectivity index (χ3n) is 7.13. The Morgan fingerprint density at radius 2 is 1.18 bits per heavy atom. The Hall–Kier alpha value is -5.50. The molecule has 0 aliphatic rings. The lowest BCUT2D eigenvalue weighted by atomic mass is 10.1. The SMILES string of the molecule is Fc1ccc(-c2ccn3c(n2)nc2cc(-c4cc(-c5ccc(F)cc5)n5c(n4)nc4ccccc45)ccc23)cc1. The standard InChI is InChI=1S/C32H18F2N6/c33-22-10-5-19(6-11-22)24-15-16-39-28-14-9-21(17-27(28)38-31(39)35-24)26-18-30(20-7-12-23(34)13-8-20)40-29-4-2-1-3-25(29)36-32(40)37-26/h1-18H. The maximum Gasteiger partial charge on any atom is 0.235 e. The van der Waals surface area contributed by atoms with Crippen molar-refractivity contribution < 1.29 is 8.78 Å². The number of para-hydroxylation sites is 2. The molecule has 0 spiro atoms. The summed E-state index contributed by atoms with van der Waals surface area (Å²) in [7, 11) is 0. The molecule has 190 valence electrons. The Kier molecular flexibility index (Phi) is 4.78. The highest BCUT2D eigenvalue weighted by atomic mass is 19.1. The van der Waals surface area contributed by atoms with E-state index >= 15 is 0 Å². The van der Waals surface area contributed by atoms with Gasteiger partial charge in [0.05, 0.1) is 39.1 Å². The van der Waals surface area contributed by atoms with Gasteiger partial charge in [0.15, 0.2) is 0 Å². The molecule has 8 rings (SSSR count). The van der Waals surface area contributed by atoms with Crippen molar-refractivity contribution in [2.24, 2.45) is 0 Å². The molecule has 40 heavy (non-hydrogen) atoms. The predicted molar refractivity (Wildman–Crippen MR) is 151 cm³/mol. The van der Waals surface area contributed by atoms with Crippen LogP contribution in [0.2, 0.25) is 0 Å². The third kappa shape index (κ3) is 3.54. The summed E-state index contributed by atoms with van der Waals surface area (Å²) in [5.41, 5.74) is 8.25. The predicted octanol–water partition coefficient (Wildman–Crippen LogP) is 7.36. The Labute approximate surface area is 225 Å². The molecule has 6 nitrogen and oxygen atoms in total. The van der Waals surface area contributed by atoms with E-state index in [4.69, 9.17) is 19.9 Å². The van der Waals surface area contributed by atoms with Crippen LogP contribution in [0.4, 0.5) is 8.78 Å². The topological polar surface area (TPSA) is 60.4 Å². The summed E-state index contributed by atoms with van der Waals surface area (Å²) in [6.07, 6.45) is 1.92. The van der Waals surface area contributed by atoms with E-state index in [9.17, 15) is 8.78 Å². The van der Waals surface area contributed by atoms with E-state index in [0.717, 1.165) is 50.1 Å². The molecule has 0 bridgehead atoms. The summed E-state index contributed by atoms with van der Waals surface area (Å²) in [5, 5.41) is 0. The highest BCUT2D eigenvalue weighted by Crippen LogP contribution is 2.31. The van der Waals surface area contributed by atoms with E-state index in [-0.39, 0.29) is 11.6 Å². The zero-order chi connectivity index (χ0) is 26.8. The quantitative estimate of drug-likeness (QED) is 0.242. The van der Waals surface area contributed by atoms with Gasteiger partial charge in [-0.05, 0) is 90.5 Å². The first-order valence-electron chi connectivity index (χ1n) is 12.7. The molecule has 0 amide bonds. The fourth-order valence-electron chi connectivity index (χ4n) is 5.18. The lowest BCUT2D eigenvalue weighted by Crippen LogP contribution is -1.97. The number of aromatic nitrogens is 6. The van der Waals surface area contributed by atoms with Crippen molar-refractivity contribution in [2.75, 3.05) is 0 Å². The second-order valence-electron chi connectivity index (χ2n) is 9.57. The van der Waals surface area contributed by atoms with Gasteiger partial charge in [-0.1, -0.05) is 18.2 Å². The maximum atomic E-state index is 13.8. The third-order valence-corrected chi connectivity index (χ3v) is 7.13. The molecule has 4 heterocycles. The Morgan fingerprint density at radius 3 is 1.98 bits per heavy atom. The normalized spacial score (nSPS) is 11.8. The number of benzene rings is 4. The van der Waals surface area contributed by atoms with Crippen molar-refractivity contribution >= 4 is 33.6 Å². The van der Waals surface area contributed by atoms with Crippen molar-refractivity contribution in [1.29, 1.82) is 0 Å². The Bertz CT molecular complexity index is 2230. The van der Waals surface area contributed by atoms with E-state index in [1.165, 1.54) is 24.3 Å². The van der Waals surface area contributed by atoms with Gasteiger partial charge in [0.1, 0.15) is 11.6 Å². The van der Waals surface area contributed by atoms with E-state index in [0.29, 0.717) is 17.2 Å². The number of hydrogen-bond donors (Lipinski definition) is 0. The maximum absolute atomic E-state index is 13.8. The van der Waals surface area contributed by atoms with Gasteiger partial charge in [-0.3, -0.25) is 8.80 Å². The fourth-order valence-corrected chi connectivity index (χ4v) is 5.18. The molecule has 0 saturated heterocycles. The summed E-state index contributed by atoms with van der Waals surface area (Å²) in [6.45, 7) is 0. The van der Waals surface area contributed by atoms with Crippen molar-refractivity contribution in [3.63, 3.8) is 0 Å². The molecule has 0 unspecified atom stereocenters. The van der Waals surface area contributed by atoms with Crippen LogP contribution in [0.25, 0.3) is 67.4 Å². The van der Waals surface area contributed by atoms with Gasteiger partial charge in [-0.25, -0.2) is 28.7 Å². The highest BCUT2D eigenvalue weighted by Gasteiger charge is 2.16. The average molecular weight is 525 g/mol. The van der Waals surface area contributed by atoms with Gasteiger partial charge in [0.2, 0.25) is 11.6 Å². The average Bonchev–Trinajstić information content (AvgIpc) is 3.54. The molecule has 0 radical (unpaired) electrons. The minimum atomic E-state index is -0.293. The molecule has 4 aromatic carbocycles. The van der Waals surface area contributed by atoms with Gasteiger partial charge in [-0.2, -0.15) is 0 Å². The molecular formula is C32H18F2N6. The van der Waals surface area contributed by atoms with Gasteiger partial charge in [-0.15, -0.1) is 0 Å². The summed E-state index contributed by atoms with van der Waals surface area (Å²) in [4.78, 5) is 19.2. The zero-order valence-corrected chi connectivity index (χ0v) is 20.8. The number of rotatable bonds is 3. The smallest absolute Gasteiger partial charge is 0.235 e. The van der Waals surface area contributed by atoms with E-state index in [1.807, 2.05) is 69.6 Å². The first kappa shape index (κ1) is 22.5. The van der Waals surface area contributed by atoms with Crippen LogP contribution >= 0.6 is 0 Å². The largest absolute Gasteiger partial charge is 0.284 e. The number of fused-ring (bicyclic) bond motifs is 6. The summed E-state index contributed by atoms with van der Waals surface area (Å²) in [6, 6.07) is 30.4. The molecule has 0 atom stereocenters. The molecule has 0 fully saturated rings. The number of imidazole rings is 2. The monoisotopic (exact) mass is 524 g/mol. The van der Waals surface area contributed by atoms with Crippen LogP contribution in [-0.2, 0) is 0 Å². The molecular weight excluding hydrogens is 506 g/mol. The number of nitrogens with zero attached hydrogens (tertiary/aromatic N) is 6. The summed E-state index contributed by atoms with van der Waals surface area (Å²) < 4.78 is 31.1. The minimum absolute atomic E-state index is 0.290. The van der Waals surface area contributed by atoms with Gasteiger partial charge in [0, 0.05) is 17.3 Å². The van der Waals surface area contributed by atoms with E-state index in [2.05, 4.69) is 0 Å². The fraction of sp³-hybridized carbons (Fsp3) is 0. The van der Waals surface area contributed by atoms with Crippen LogP contribution in [0, 0.1) is 11.6 Å². The van der Waals surface area contributed by atoms with Crippen LogP contribution in [0.5, 0.6) is 0 Å². The van der Waals surface area contributed by atoms with Gasteiger partial charge >= 0.3 is 0 Å². The van der Waals surface area contributed by atoms with Crippen LogP contribution in [0.15, 0.2) is 109 Å². The van der Waals surface area contributed by atoms with Crippen LogP contribution in [0.1, 0.15) is 0 Å². The molecule has 0 aliphatic heterocycles. The van der Waals surface area contributed by atoms with Crippen molar-refractivity contribution in [1.82, 2.24) is 28.7 Å². The minimum Gasteiger partial charge on any atom is -0.284 e. The van der Waals surface area contributed by atoms with Crippen molar-refractivity contribution in [3.05, 3.63) is 121 Å². The summed E-state index contributed by atoms with van der Waals surface area (Å²) in [5.74, 6) is 0.516. The van der Waals surface area contributed by atoms with E-state index < -0.39 is 0 Å². The number of halogens is 2. The van der Waals surface area contributed by atoms with Crippen molar-refractivity contribution in [2.45, 2.75) is 0 Å². The van der Waals surface area contributed by atoms with E-state index in [1.54, 1.807) is 24.3 Å². The molecule has 8 aromatic rings. The van der Waals surface area contributed by atoms with Gasteiger partial charge in [0.25, 0.3) is 0 Å². The lowest BCUT2D eigenvalue weighted by molar-refractivity contribution is 0.627. The summed E-state index contributed by atoms with van der Waals surface area (Å²) >= 11 is 0. The van der Waals surface area contributed by atoms with Crippen molar-refractivity contribution in [3.8, 4) is 33.8 Å². The molecule has 4 aromatic heterocycles.